The molecule has 4 aromatic rings. The van der Waals surface area contributed by atoms with Gasteiger partial charge in [0, 0.05) is 24.9 Å². The lowest BCUT2D eigenvalue weighted by Crippen LogP contribution is -2.36. The second-order valence-electron chi connectivity index (χ2n) is 8.02. The van der Waals surface area contributed by atoms with Gasteiger partial charge in [0.05, 0.1) is 11.0 Å². The summed E-state index contributed by atoms with van der Waals surface area (Å²) in [6.45, 7) is 0.0260. The van der Waals surface area contributed by atoms with Gasteiger partial charge in [-0.15, -0.1) is 0 Å². The number of nitrogens with zero attached hydrogens (tertiary/aromatic N) is 2. The molecular weight excluding hydrogens is 418 g/mol. The Labute approximate surface area is 190 Å². The van der Waals surface area contributed by atoms with Crippen molar-refractivity contribution < 1.29 is 19.7 Å². The first-order valence-corrected chi connectivity index (χ1v) is 10.8. The summed E-state index contributed by atoms with van der Waals surface area (Å²) in [5.41, 5.74) is 6.36. The number of hydrogen-bond donors (Lipinski definition) is 3. The molecule has 3 N–H and O–H groups in total. The van der Waals surface area contributed by atoms with Gasteiger partial charge in [0.15, 0.2) is 0 Å². The topological polar surface area (TPSA) is 105 Å². The third kappa shape index (κ3) is 4.16. The summed E-state index contributed by atoms with van der Waals surface area (Å²) in [7, 11) is 0. The lowest BCUT2D eigenvalue weighted by atomic mass is 9.98. The highest BCUT2D eigenvalue weighted by Gasteiger charge is 2.29. The number of aliphatic hydroxyl groups excluding tert-OH is 2. The van der Waals surface area contributed by atoms with E-state index in [2.05, 4.69) is 39.6 Å². The Morgan fingerprint density at radius 3 is 2.24 bits per heavy atom. The number of fused-ring (bicyclic) bond motifs is 4. The number of amides is 1. The molecule has 1 aliphatic rings. The zero-order chi connectivity index (χ0) is 22.8. The zero-order valence-electron chi connectivity index (χ0n) is 17.8. The van der Waals surface area contributed by atoms with Crippen LogP contribution in [0.5, 0.6) is 0 Å². The Bertz CT molecular complexity index is 1260. The van der Waals surface area contributed by atoms with Crippen LogP contribution in [0, 0.1) is 0 Å². The van der Waals surface area contributed by atoms with Crippen molar-refractivity contribution in [2.45, 2.75) is 18.1 Å². The smallest absolute Gasteiger partial charge is 0.407 e. The predicted molar refractivity (Wildman–Crippen MR) is 124 cm³/mol. The minimum Gasteiger partial charge on any atom is -0.449 e. The highest BCUT2D eigenvalue weighted by atomic mass is 16.5. The first-order valence-electron chi connectivity index (χ1n) is 10.8. The van der Waals surface area contributed by atoms with Crippen molar-refractivity contribution in [2.75, 3.05) is 13.2 Å². The number of nitrogens with one attached hydrogen (secondary N) is 1. The monoisotopic (exact) mass is 441 g/mol. The lowest BCUT2D eigenvalue weighted by molar-refractivity contribution is 0.0186. The highest BCUT2D eigenvalue weighted by Crippen LogP contribution is 2.44. The zero-order valence-corrected chi connectivity index (χ0v) is 17.8. The van der Waals surface area contributed by atoms with Gasteiger partial charge in [0.1, 0.15) is 18.8 Å². The summed E-state index contributed by atoms with van der Waals surface area (Å²) in [6.07, 6.45) is 0.108. The molecule has 7 heteroatoms. The number of aromatic nitrogens is 2. The van der Waals surface area contributed by atoms with Crippen LogP contribution in [0.4, 0.5) is 4.79 Å². The SMILES string of the molecule is O=C(NCC(O)C(O)c1ccc2nccnc2c1)OCC1c2ccccc2-c2ccccc21. The van der Waals surface area contributed by atoms with Crippen LogP contribution >= 0.6 is 0 Å². The second kappa shape index (κ2) is 8.97. The number of aliphatic hydroxyl groups is 2. The number of alkyl carbamates (subject to hydrolysis) is 1. The van der Waals surface area contributed by atoms with E-state index in [4.69, 9.17) is 4.74 Å². The van der Waals surface area contributed by atoms with E-state index in [0.29, 0.717) is 16.6 Å². The van der Waals surface area contributed by atoms with Crippen LogP contribution in [-0.2, 0) is 4.74 Å². The Hall–Kier alpha value is -3.81. The Balaban J connectivity index is 1.19. The van der Waals surface area contributed by atoms with Crippen LogP contribution in [0.25, 0.3) is 22.2 Å². The molecule has 0 bridgehead atoms. The van der Waals surface area contributed by atoms with Crippen LogP contribution < -0.4 is 5.32 Å². The first-order chi connectivity index (χ1) is 16.1. The highest BCUT2D eigenvalue weighted by molar-refractivity contribution is 5.79. The fourth-order valence-corrected chi connectivity index (χ4v) is 4.34. The average molecular weight is 441 g/mol. The van der Waals surface area contributed by atoms with Crippen LogP contribution in [0.3, 0.4) is 0 Å². The molecule has 0 aliphatic heterocycles. The fraction of sp³-hybridized carbons (Fsp3) is 0.192. The third-order valence-corrected chi connectivity index (χ3v) is 6.00. The summed E-state index contributed by atoms with van der Waals surface area (Å²) < 4.78 is 5.47. The standard InChI is InChI=1S/C26H23N3O4/c30-24(25(31)16-9-10-22-23(13-16)28-12-11-27-22)14-29-26(32)33-15-21-19-7-3-1-5-17(19)18-6-2-4-8-20(18)21/h1-13,21,24-25,30-31H,14-15H2,(H,29,32). The molecule has 1 aliphatic carbocycles. The maximum absolute atomic E-state index is 12.3. The number of ether oxygens (including phenoxy) is 1. The molecule has 166 valence electrons. The molecule has 33 heavy (non-hydrogen) atoms. The van der Waals surface area contributed by atoms with Gasteiger partial charge in [-0.2, -0.15) is 0 Å². The predicted octanol–water partition coefficient (Wildman–Crippen LogP) is 3.56. The molecule has 3 aromatic carbocycles. The molecule has 0 saturated heterocycles. The van der Waals surface area contributed by atoms with E-state index in [-0.39, 0.29) is 19.1 Å². The van der Waals surface area contributed by atoms with E-state index in [1.807, 2.05) is 24.3 Å². The van der Waals surface area contributed by atoms with E-state index < -0.39 is 18.3 Å². The second-order valence-corrected chi connectivity index (χ2v) is 8.02. The lowest BCUT2D eigenvalue weighted by Gasteiger charge is -2.19. The van der Waals surface area contributed by atoms with E-state index in [9.17, 15) is 15.0 Å². The van der Waals surface area contributed by atoms with E-state index in [1.54, 1.807) is 30.6 Å². The van der Waals surface area contributed by atoms with Gasteiger partial charge in [-0.3, -0.25) is 9.97 Å². The molecule has 0 radical (unpaired) electrons. The van der Waals surface area contributed by atoms with Crippen molar-refractivity contribution in [1.82, 2.24) is 15.3 Å². The molecule has 7 nitrogen and oxygen atoms in total. The molecular formula is C26H23N3O4. The Kier molecular flexibility index (Phi) is 5.73. The van der Waals surface area contributed by atoms with Gasteiger partial charge < -0.3 is 20.3 Å². The molecule has 1 amide bonds. The molecule has 0 saturated carbocycles. The fourth-order valence-electron chi connectivity index (χ4n) is 4.34. The minimum absolute atomic E-state index is 0.0441. The van der Waals surface area contributed by atoms with Gasteiger partial charge in [-0.1, -0.05) is 54.6 Å². The van der Waals surface area contributed by atoms with Crippen molar-refractivity contribution in [3.8, 4) is 11.1 Å². The number of hydrogen-bond acceptors (Lipinski definition) is 6. The number of carbonyl (C=O) groups excluding carboxylic acids is 1. The van der Waals surface area contributed by atoms with E-state index in [1.165, 1.54) is 0 Å². The Morgan fingerprint density at radius 2 is 1.55 bits per heavy atom. The first kappa shape index (κ1) is 21.1. The largest absolute Gasteiger partial charge is 0.449 e. The van der Waals surface area contributed by atoms with Crippen LogP contribution in [0.1, 0.15) is 28.7 Å². The van der Waals surface area contributed by atoms with Crippen molar-refractivity contribution in [2.24, 2.45) is 0 Å². The van der Waals surface area contributed by atoms with Crippen molar-refractivity contribution in [3.05, 3.63) is 95.8 Å². The summed E-state index contributed by atoms with van der Waals surface area (Å²) in [5, 5.41) is 23.4. The number of benzene rings is 3. The molecule has 5 rings (SSSR count). The summed E-state index contributed by atoms with van der Waals surface area (Å²) in [4.78, 5) is 20.7. The van der Waals surface area contributed by atoms with Gasteiger partial charge in [0.2, 0.25) is 0 Å². The van der Waals surface area contributed by atoms with Gasteiger partial charge in [-0.05, 0) is 39.9 Å². The molecule has 0 spiro atoms. The van der Waals surface area contributed by atoms with E-state index in [0.717, 1.165) is 22.3 Å². The quantitative estimate of drug-likeness (QED) is 0.423. The van der Waals surface area contributed by atoms with Gasteiger partial charge in [-0.25, -0.2) is 4.79 Å². The van der Waals surface area contributed by atoms with Crippen molar-refractivity contribution in [3.63, 3.8) is 0 Å². The third-order valence-electron chi connectivity index (χ3n) is 6.00. The van der Waals surface area contributed by atoms with E-state index >= 15 is 0 Å². The molecule has 1 heterocycles. The maximum atomic E-state index is 12.3. The van der Waals surface area contributed by atoms with Crippen molar-refractivity contribution >= 4 is 17.1 Å². The minimum atomic E-state index is -1.21. The van der Waals surface area contributed by atoms with Crippen molar-refractivity contribution in [1.29, 1.82) is 0 Å². The number of carbonyl (C=O) groups is 1. The maximum Gasteiger partial charge on any atom is 0.407 e. The normalized spacial score (nSPS) is 14.4. The van der Waals surface area contributed by atoms with Gasteiger partial charge in [0.25, 0.3) is 0 Å². The van der Waals surface area contributed by atoms with Crippen LogP contribution in [-0.4, -0.2) is 45.5 Å². The molecule has 2 atom stereocenters. The number of rotatable bonds is 6. The van der Waals surface area contributed by atoms with Crippen LogP contribution in [0.2, 0.25) is 0 Å². The molecule has 0 fully saturated rings. The van der Waals surface area contributed by atoms with Crippen LogP contribution in [0.15, 0.2) is 79.1 Å². The summed E-state index contributed by atoms with van der Waals surface area (Å²) in [5.74, 6) is -0.0441. The molecule has 1 aromatic heterocycles. The average Bonchev–Trinajstić information content (AvgIpc) is 3.19. The Morgan fingerprint density at radius 1 is 0.909 bits per heavy atom. The molecule has 2 unspecified atom stereocenters. The summed E-state index contributed by atoms with van der Waals surface area (Å²) >= 11 is 0. The van der Waals surface area contributed by atoms with Gasteiger partial charge >= 0.3 is 6.09 Å². The summed E-state index contributed by atoms with van der Waals surface area (Å²) in [6, 6.07) is 21.3.